The maximum absolute atomic E-state index is 12.4. The third-order valence-electron chi connectivity index (χ3n) is 4.22. The number of nitrogens with zero attached hydrogens (tertiary/aromatic N) is 3. The molecule has 3 N–H and O–H groups in total. The van der Waals surface area contributed by atoms with Crippen molar-refractivity contribution in [2.45, 2.75) is 24.2 Å². The van der Waals surface area contributed by atoms with Crippen LogP contribution in [-0.2, 0) is 16.4 Å². The number of hydrogen-bond acceptors (Lipinski definition) is 6. The van der Waals surface area contributed by atoms with E-state index in [-0.39, 0.29) is 10.8 Å². The number of primary sulfonamides is 1. The zero-order chi connectivity index (χ0) is 18.6. The highest BCUT2D eigenvalue weighted by Crippen LogP contribution is 2.13. The Morgan fingerprint density at radius 3 is 2.50 bits per heavy atom. The van der Waals surface area contributed by atoms with Crippen LogP contribution in [0.25, 0.3) is 0 Å². The quantitative estimate of drug-likeness (QED) is 0.778. The number of amides is 1. The van der Waals surface area contributed by atoms with E-state index in [9.17, 15) is 13.2 Å². The molecule has 1 aliphatic heterocycles. The summed E-state index contributed by atoms with van der Waals surface area (Å²) in [5.74, 6) is 0.336. The minimum absolute atomic E-state index is 0.0634. The fraction of sp³-hybridized carbons (Fsp3) is 0.353. The summed E-state index contributed by atoms with van der Waals surface area (Å²) in [5, 5.41) is 8.17. The van der Waals surface area contributed by atoms with Crippen LogP contribution < -0.4 is 10.5 Å². The Labute approximate surface area is 152 Å². The van der Waals surface area contributed by atoms with Gasteiger partial charge < -0.3 is 10.2 Å². The average Bonchev–Trinajstić information content (AvgIpc) is 3.16. The van der Waals surface area contributed by atoms with Crippen molar-refractivity contribution in [1.29, 1.82) is 0 Å². The summed E-state index contributed by atoms with van der Waals surface area (Å²) >= 11 is 0. The van der Waals surface area contributed by atoms with E-state index in [1.807, 2.05) is 0 Å². The molecule has 0 unspecified atom stereocenters. The van der Waals surface area contributed by atoms with Gasteiger partial charge in [-0.25, -0.2) is 23.5 Å². The Bertz CT molecular complexity index is 878. The van der Waals surface area contributed by atoms with Gasteiger partial charge in [-0.1, -0.05) is 12.1 Å². The molecule has 9 heteroatoms. The first-order valence-electron chi connectivity index (χ1n) is 8.41. The predicted molar refractivity (Wildman–Crippen MR) is 97.2 cm³/mol. The van der Waals surface area contributed by atoms with Crippen LogP contribution in [0.15, 0.2) is 41.4 Å². The Kier molecular flexibility index (Phi) is 5.48. The van der Waals surface area contributed by atoms with Gasteiger partial charge in [0.25, 0.3) is 5.91 Å². The van der Waals surface area contributed by atoms with Gasteiger partial charge >= 0.3 is 0 Å². The lowest BCUT2D eigenvalue weighted by atomic mass is 10.1. The van der Waals surface area contributed by atoms with Crippen LogP contribution in [0.3, 0.4) is 0 Å². The van der Waals surface area contributed by atoms with Crippen LogP contribution in [0.4, 0.5) is 5.95 Å². The van der Waals surface area contributed by atoms with Crippen molar-refractivity contribution in [3.8, 4) is 0 Å². The molecule has 3 rings (SSSR count). The smallest absolute Gasteiger partial charge is 0.272 e. The highest BCUT2D eigenvalue weighted by Gasteiger charge is 2.20. The van der Waals surface area contributed by atoms with Gasteiger partial charge in [0.1, 0.15) is 5.69 Å². The molecule has 26 heavy (non-hydrogen) atoms. The summed E-state index contributed by atoms with van der Waals surface area (Å²) in [4.78, 5) is 22.7. The molecule has 0 saturated carbocycles. The van der Waals surface area contributed by atoms with Crippen LogP contribution in [0.5, 0.6) is 0 Å². The topological polar surface area (TPSA) is 118 Å². The highest BCUT2D eigenvalue weighted by atomic mass is 32.2. The highest BCUT2D eigenvalue weighted by molar-refractivity contribution is 7.89. The molecule has 0 radical (unpaired) electrons. The van der Waals surface area contributed by atoms with Crippen LogP contribution in [0.1, 0.15) is 28.9 Å². The summed E-state index contributed by atoms with van der Waals surface area (Å²) in [5.41, 5.74) is 1.34. The zero-order valence-corrected chi connectivity index (χ0v) is 15.1. The molecule has 0 aliphatic carbocycles. The second-order valence-corrected chi connectivity index (χ2v) is 7.69. The second kappa shape index (κ2) is 7.79. The molecular formula is C17H21N5O3S. The Morgan fingerprint density at radius 1 is 1.15 bits per heavy atom. The monoisotopic (exact) mass is 375 g/mol. The first-order chi connectivity index (χ1) is 12.4. The van der Waals surface area contributed by atoms with Crippen molar-refractivity contribution in [3.05, 3.63) is 47.8 Å². The third-order valence-corrected chi connectivity index (χ3v) is 5.15. The number of rotatable bonds is 6. The second-order valence-electron chi connectivity index (χ2n) is 6.13. The van der Waals surface area contributed by atoms with Gasteiger partial charge in [0.15, 0.2) is 0 Å². The summed E-state index contributed by atoms with van der Waals surface area (Å²) in [6, 6.07) is 8.02. The Morgan fingerprint density at radius 2 is 1.85 bits per heavy atom. The van der Waals surface area contributed by atoms with Crippen LogP contribution in [0.2, 0.25) is 0 Å². The number of nitrogens with two attached hydrogens (primary N) is 1. The third kappa shape index (κ3) is 4.55. The first kappa shape index (κ1) is 18.3. The van der Waals surface area contributed by atoms with Crippen molar-refractivity contribution >= 4 is 21.9 Å². The molecule has 1 aromatic heterocycles. The molecule has 0 bridgehead atoms. The minimum atomic E-state index is -3.67. The summed E-state index contributed by atoms with van der Waals surface area (Å²) in [6.07, 6.45) is 4.29. The predicted octanol–water partition coefficient (Wildman–Crippen LogP) is 1.01. The summed E-state index contributed by atoms with van der Waals surface area (Å²) in [6.45, 7) is 2.11. The first-order valence-corrected chi connectivity index (χ1v) is 9.96. The lowest BCUT2D eigenvalue weighted by molar-refractivity contribution is 0.0787. The SMILES string of the molecule is NS(=O)(=O)c1ccc(CCNc2nccc(C(=O)N3CCCC3)n2)cc1. The largest absolute Gasteiger partial charge is 0.354 e. The van der Waals surface area contributed by atoms with Crippen LogP contribution >= 0.6 is 0 Å². The van der Waals surface area contributed by atoms with E-state index in [2.05, 4.69) is 15.3 Å². The van der Waals surface area contributed by atoms with Crippen molar-refractivity contribution < 1.29 is 13.2 Å². The maximum atomic E-state index is 12.4. The number of nitrogens with one attached hydrogen (secondary N) is 1. The van der Waals surface area contributed by atoms with E-state index in [0.717, 1.165) is 31.5 Å². The molecule has 1 saturated heterocycles. The molecule has 138 valence electrons. The van der Waals surface area contributed by atoms with Gasteiger partial charge in [-0.3, -0.25) is 4.79 Å². The molecular weight excluding hydrogens is 354 g/mol. The van der Waals surface area contributed by atoms with E-state index >= 15 is 0 Å². The Hall–Kier alpha value is -2.52. The van der Waals surface area contributed by atoms with Gasteiger partial charge in [0.2, 0.25) is 16.0 Å². The van der Waals surface area contributed by atoms with E-state index in [1.165, 1.54) is 12.1 Å². The maximum Gasteiger partial charge on any atom is 0.272 e. The van der Waals surface area contributed by atoms with Crippen molar-refractivity contribution in [2.24, 2.45) is 5.14 Å². The molecule has 2 heterocycles. The molecule has 8 nitrogen and oxygen atoms in total. The molecule has 1 fully saturated rings. The number of likely N-dealkylation sites (tertiary alicyclic amines) is 1. The molecule has 1 aromatic carbocycles. The average molecular weight is 375 g/mol. The number of aromatic nitrogens is 2. The lowest BCUT2D eigenvalue weighted by Crippen LogP contribution is -2.28. The van der Waals surface area contributed by atoms with E-state index in [4.69, 9.17) is 5.14 Å². The van der Waals surface area contributed by atoms with Gasteiger partial charge in [-0.15, -0.1) is 0 Å². The normalized spacial score (nSPS) is 14.4. The summed E-state index contributed by atoms with van der Waals surface area (Å²) < 4.78 is 22.5. The summed E-state index contributed by atoms with van der Waals surface area (Å²) in [7, 11) is -3.67. The molecule has 2 aromatic rings. The van der Waals surface area contributed by atoms with Gasteiger partial charge in [-0.05, 0) is 43.0 Å². The fourth-order valence-electron chi connectivity index (χ4n) is 2.81. The fourth-order valence-corrected chi connectivity index (χ4v) is 3.33. The van der Waals surface area contributed by atoms with Crippen molar-refractivity contribution in [2.75, 3.05) is 25.0 Å². The van der Waals surface area contributed by atoms with Gasteiger partial charge in [0, 0.05) is 25.8 Å². The molecule has 1 amide bonds. The zero-order valence-electron chi connectivity index (χ0n) is 14.3. The molecule has 0 spiro atoms. The lowest BCUT2D eigenvalue weighted by Gasteiger charge is -2.14. The van der Waals surface area contributed by atoms with Gasteiger partial charge in [0.05, 0.1) is 4.90 Å². The van der Waals surface area contributed by atoms with Crippen LogP contribution in [0, 0.1) is 0 Å². The minimum Gasteiger partial charge on any atom is -0.354 e. The standard InChI is InChI=1S/C17H21N5O3S/c18-26(24,25)14-5-3-13(4-6-14)7-9-19-17-20-10-8-15(21-17)16(23)22-11-1-2-12-22/h3-6,8,10H,1-2,7,9,11-12H2,(H2,18,24,25)(H,19,20,21). The van der Waals surface area contributed by atoms with E-state index < -0.39 is 10.0 Å². The number of carbonyl (C=O) groups excluding carboxylic acids is 1. The molecule has 0 atom stereocenters. The number of anilines is 1. The van der Waals surface area contributed by atoms with Crippen LogP contribution in [-0.4, -0.2) is 48.8 Å². The van der Waals surface area contributed by atoms with Gasteiger partial charge in [-0.2, -0.15) is 0 Å². The van der Waals surface area contributed by atoms with Crippen molar-refractivity contribution in [3.63, 3.8) is 0 Å². The Balaban J connectivity index is 1.56. The number of carbonyl (C=O) groups is 1. The van der Waals surface area contributed by atoms with E-state index in [0.29, 0.717) is 24.6 Å². The number of hydrogen-bond donors (Lipinski definition) is 2. The molecule has 1 aliphatic rings. The number of benzene rings is 1. The van der Waals surface area contributed by atoms with E-state index in [1.54, 1.807) is 29.3 Å². The van der Waals surface area contributed by atoms with Crippen molar-refractivity contribution in [1.82, 2.24) is 14.9 Å². The number of sulfonamides is 1.